The van der Waals surface area contributed by atoms with Crippen LogP contribution < -0.4 is 9.47 Å². The van der Waals surface area contributed by atoms with E-state index in [1.165, 1.54) is 18.2 Å². The quantitative estimate of drug-likeness (QED) is 0.465. The highest BCUT2D eigenvalue weighted by molar-refractivity contribution is 5.89. The molecule has 148 valence electrons. The highest BCUT2D eigenvalue weighted by Crippen LogP contribution is 2.34. The Bertz CT molecular complexity index is 1140. The van der Waals surface area contributed by atoms with Crippen LogP contribution in [0.25, 0.3) is 22.1 Å². The number of alkyl halides is 3. The normalized spacial score (nSPS) is 11.6. The van der Waals surface area contributed by atoms with Gasteiger partial charge < -0.3 is 14.0 Å². The summed E-state index contributed by atoms with van der Waals surface area (Å²) >= 11 is 0. The van der Waals surface area contributed by atoms with Crippen LogP contribution in [0.4, 0.5) is 13.2 Å². The standard InChI is InChI=1S/C20H14F3N3O3/c1-12-8-14(13-4-2-5-15(9-13)28-20(21,22)23)10-16-18(12)29-26-19(16)27-11-17-24-6-3-7-25-17/h2-10H,11H2,1H3. The molecule has 0 N–H and O–H groups in total. The van der Waals surface area contributed by atoms with Crippen LogP contribution >= 0.6 is 0 Å². The first-order chi connectivity index (χ1) is 13.9. The molecular weight excluding hydrogens is 387 g/mol. The second-order valence-corrected chi connectivity index (χ2v) is 6.19. The van der Waals surface area contributed by atoms with Crippen molar-refractivity contribution in [2.75, 3.05) is 0 Å². The van der Waals surface area contributed by atoms with Gasteiger partial charge in [-0.05, 0) is 59.1 Å². The number of fused-ring (bicyclic) bond motifs is 1. The molecule has 0 amide bonds. The average Bonchev–Trinajstić information content (AvgIpc) is 3.10. The first kappa shape index (κ1) is 18.7. The molecule has 2 aromatic heterocycles. The Morgan fingerprint density at radius 1 is 1.00 bits per heavy atom. The summed E-state index contributed by atoms with van der Waals surface area (Å²) in [4.78, 5) is 8.16. The van der Waals surface area contributed by atoms with Gasteiger partial charge in [0, 0.05) is 12.4 Å². The van der Waals surface area contributed by atoms with Crippen molar-refractivity contribution in [2.24, 2.45) is 0 Å². The van der Waals surface area contributed by atoms with Gasteiger partial charge in [-0.15, -0.1) is 13.2 Å². The molecule has 0 unspecified atom stereocenters. The molecule has 0 aliphatic carbocycles. The molecule has 0 aliphatic heterocycles. The van der Waals surface area contributed by atoms with Crippen molar-refractivity contribution in [2.45, 2.75) is 19.9 Å². The number of rotatable bonds is 5. The lowest BCUT2D eigenvalue weighted by molar-refractivity contribution is -0.274. The Balaban J connectivity index is 1.67. The topological polar surface area (TPSA) is 70.3 Å². The SMILES string of the molecule is Cc1cc(-c2cccc(OC(F)(F)F)c2)cc2c(OCc3ncccn3)noc12. The number of nitrogens with zero attached hydrogens (tertiary/aromatic N) is 3. The molecule has 2 aromatic carbocycles. The van der Waals surface area contributed by atoms with Crippen LogP contribution in [-0.2, 0) is 6.61 Å². The van der Waals surface area contributed by atoms with Crippen molar-refractivity contribution in [3.63, 3.8) is 0 Å². The smallest absolute Gasteiger partial charge is 0.467 e. The minimum absolute atomic E-state index is 0.0979. The fraction of sp³-hybridized carbons (Fsp3) is 0.150. The van der Waals surface area contributed by atoms with Crippen LogP contribution in [0.3, 0.4) is 0 Å². The third kappa shape index (κ3) is 4.29. The predicted molar refractivity (Wildman–Crippen MR) is 97.2 cm³/mol. The van der Waals surface area contributed by atoms with Crippen molar-refractivity contribution in [1.82, 2.24) is 15.1 Å². The van der Waals surface area contributed by atoms with Gasteiger partial charge in [0.05, 0.1) is 5.39 Å². The van der Waals surface area contributed by atoms with E-state index in [9.17, 15) is 13.2 Å². The maximum absolute atomic E-state index is 12.5. The molecule has 4 rings (SSSR count). The summed E-state index contributed by atoms with van der Waals surface area (Å²) in [7, 11) is 0. The first-order valence-electron chi connectivity index (χ1n) is 8.54. The molecule has 0 bridgehead atoms. The molecule has 0 saturated carbocycles. The van der Waals surface area contributed by atoms with E-state index >= 15 is 0 Å². The molecule has 0 fully saturated rings. The summed E-state index contributed by atoms with van der Waals surface area (Å²) in [6.45, 7) is 1.91. The van der Waals surface area contributed by atoms with E-state index < -0.39 is 6.36 Å². The first-order valence-corrected chi connectivity index (χ1v) is 8.54. The summed E-state index contributed by atoms with van der Waals surface area (Å²) in [5, 5.41) is 4.54. The Hall–Kier alpha value is -3.62. The third-order valence-corrected chi connectivity index (χ3v) is 4.08. The highest BCUT2D eigenvalue weighted by atomic mass is 19.4. The van der Waals surface area contributed by atoms with Crippen molar-refractivity contribution >= 4 is 11.0 Å². The van der Waals surface area contributed by atoms with E-state index in [1.54, 1.807) is 36.7 Å². The molecule has 0 radical (unpaired) electrons. The minimum atomic E-state index is -4.76. The largest absolute Gasteiger partial charge is 0.573 e. The fourth-order valence-corrected chi connectivity index (χ4v) is 2.87. The van der Waals surface area contributed by atoms with Crippen LogP contribution in [0.5, 0.6) is 11.6 Å². The molecule has 0 saturated heterocycles. The van der Waals surface area contributed by atoms with Gasteiger partial charge in [0.2, 0.25) is 0 Å². The molecule has 2 heterocycles. The zero-order valence-corrected chi connectivity index (χ0v) is 15.1. The van der Waals surface area contributed by atoms with Crippen LogP contribution in [0.1, 0.15) is 11.4 Å². The molecule has 6 nitrogen and oxygen atoms in total. The maximum Gasteiger partial charge on any atom is 0.573 e. The number of hydrogen-bond donors (Lipinski definition) is 0. The van der Waals surface area contributed by atoms with E-state index in [4.69, 9.17) is 9.26 Å². The number of halogens is 3. The number of aryl methyl sites for hydroxylation is 1. The summed E-state index contributed by atoms with van der Waals surface area (Å²) < 4.78 is 52.6. The zero-order valence-electron chi connectivity index (χ0n) is 15.1. The second-order valence-electron chi connectivity index (χ2n) is 6.19. The summed E-state index contributed by atoms with van der Waals surface area (Å²) in [5.74, 6) is 0.435. The lowest BCUT2D eigenvalue weighted by Gasteiger charge is -2.10. The predicted octanol–water partition coefficient (Wildman–Crippen LogP) is 5.07. The van der Waals surface area contributed by atoms with Crippen LogP contribution in [0, 0.1) is 6.92 Å². The van der Waals surface area contributed by atoms with Gasteiger partial charge in [-0.1, -0.05) is 12.1 Å². The van der Waals surface area contributed by atoms with Crippen molar-refractivity contribution in [3.05, 3.63) is 66.2 Å². The van der Waals surface area contributed by atoms with Gasteiger partial charge in [0.25, 0.3) is 5.88 Å². The molecule has 0 spiro atoms. The molecule has 0 aliphatic rings. The second kappa shape index (κ2) is 7.42. The summed E-state index contributed by atoms with van der Waals surface area (Å²) in [6, 6.07) is 11.0. The number of hydrogen-bond acceptors (Lipinski definition) is 6. The van der Waals surface area contributed by atoms with E-state index in [0.29, 0.717) is 27.9 Å². The minimum Gasteiger partial charge on any atom is -0.467 e. The monoisotopic (exact) mass is 401 g/mol. The van der Waals surface area contributed by atoms with Gasteiger partial charge >= 0.3 is 6.36 Å². The van der Waals surface area contributed by atoms with Crippen molar-refractivity contribution in [3.8, 4) is 22.8 Å². The van der Waals surface area contributed by atoms with Crippen molar-refractivity contribution < 1.29 is 27.2 Å². The van der Waals surface area contributed by atoms with Crippen LogP contribution in [0.15, 0.2) is 59.4 Å². The van der Waals surface area contributed by atoms with Gasteiger partial charge in [-0.25, -0.2) is 9.97 Å². The maximum atomic E-state index is 12.5. The van der Waals surface area contributed by atoms with Crippen molar-refractivity contribution in [1.29, 1.82) is 0 Å². The lowest BCUT2D eigenvalue weighted by atomic mass is 10.0. The Labute approximate surface area is 162 Å². The Kier molecular flexibility index (Phi) is 4.79. The van der Waals surface area contributed by atoms with E-state index in [1.807, 2.05) is 6.92 Å². The van der Waals surface area contributed by atoms with E-state index in [2.05, 4.69) is 19.9 Å². The molecule has 9 heteroatoms. The fourth-order valence-electron chi connectivity index (χ4n) is 2.87. The Morgan fingerprint density at radius 3 is 2.55 bits per heavy atom. The zero-order chi connectivity index (χ0) is 20.4. The molecule has 0 atom stereocenters. The Morgan fingerprint density at radius 2 is 1.79 bits per heavy atom. The average molecular weight is 401 g/mol. The van der Waals surface area contributed by atoms with Gasteiger partial charge in [0.1, 0.15) is 12.4 Å². The molecule has 29 heavy (non-hydrogen) atoms. The van der Waals surface area contributed by atoms with Gasteiger partial charge in [0.15, 0.2) is 11.4 Å². The third-order valence-electron chi connectivity index (χ3n) is 4.08. The number of benzene rings is 2. The molecular formula is C20H14F3N3O3. The molecule has 4 aromatic rings. The summed E-state index contributed by atoms with van der Waals surface area (Å²) in [5.41, 5.74) is 2.51. The number of aromatic nitrogens is 3. The summed E-state index contributed by atoms with van der Waals surface area (Å²) in [6.07, 6.45) is -1.55. The van der Waals surface area contributed by atoms with Crippen LogP contribution in [-0.4, -0.2) is 21.5 Å². The van der Waals surface area contributed by atoms with Crippen LogP contribution in [0.2, 0.25) is 0 Å². The number of ether oxygens (including phenoxy) is 2. The highest BCUT2D eigenvalue weighted by Gasteiger charge is 2.31. The van der Waals surface area contributed by atoms with Gasteiger partial charge in [-0.3, -0.25) is 0 Å². The van der Waals surface area contributed by atoms with E-state index in [-0.39, 0.29) is 18.2 Å². The van der Waals surface area contributed by atoms with Gasteiger partial charge in [-0.2, -0.15) is 0 Å². The van der Waals surface area contributed by atoms with E-state index in [0.717, 1.165) is 5.56 Å². The lowest BCUT2D eigenvalue weighted by Crippen LogP contribution is -2.17.